The second-order valence-electron chi connectivity index (χ2n) is 1.46. The second kappa shape index (κ2) is 8.16. The van der Waals surface area contributed by atoms with E-state index in [0.717, 1.165) is 0 Å². The molecule has 0 radical (unpaired) electrons. The van der Waals surface area contributed by atoms with Crippen LogP contribution < -0.4 is 0 Å². The molecule has 2 aromatic rings. The topological polar surface area (TPSA) is 0 Å². The fraction of sp³-hybridized carbons (Fsp3) is 0. The monoisotopic (exact) mass is 272 g/mol. The van der Waals surface area contributed by atoms with Crippen LogP contribution in [0.2, 0.25) is 0 Å². The summed E-state index contributed by atoms with van der Waals surface area (Å²) in [5.41, 5.74) is 0. The molecule has 0 bridgehead atoms. The maximum atomic E-state index is 2.90. The van der Waals surface area contributed by atoms with Gasteiger partial charge in [0.1, 0.15) is 0 Å². The summed E-state index contributed by atoms with van der Waals surface area (Å²) >= 11 is 3.18. The average Bonchev–Trinajstić information content (AvgIpc) is 2.67. The molecule has 2 aromatic heterocycles. The molecule has 0 fully saturated rings. The van der Waals surface area contributed by atoms with E-state index < -0.39 is 0 Å². The van der Waals surface area contributed by atoms with Crippen molar-refractivity contribution in [1.82, 2.24) is 0 Å². The van der Waals surface area contributed by atoms with Gasteiger partial charge in [0.25, 0.3) is 0 Å². The van der Waals surface area contributed by atoms with Crippen molar-refractivity contribution in [1.29, 1.82) is 0 Å². The van der Waals surface area contributed by atoms with Gasteiger partial charge in [-0.2, -0.15) is 22.9 Å². The first-order valence-corrected chi connectivity index (χ1v) is 4.55. The van der Waals surface area contributed by atoms with E-state index in [4.69, 9.17) is 0 Å². The fourth-order valence-corrected chi connectivity index (χ4v) is 1.18. The third-order valence-corrected chi connectivity index (χ3v) is 1.89. The summed E-state index contributed by atoms with van der Waals surface area (Å²) in [6.07, 6.45) is 0. The molecular weight excluding hydrogens is 267 g/mol. The number of rotatable bonds is 0. The standard InChI is InChI=1S/2C4H3S.Pd/c2*1-2-4-5-3-1;/h2*1-3H;/q2*-1;+2. The molecule has 60 valence electrons. The van der Waals surface area contributed by atoms with E-state index in [9.17, 15) is 0 Å². The minimum absolute atomic E-state index is 0. The van der Waals surface area contributed by atoms with E-state index in [1.807, 2.05) is 35.0 Å². The van der Waals surface area contributed by atoms with Crippen molar-refractivity contribution in [2.24, 2.45) is 0 Å². The van der Waals surface area contributed by atoms with E-state index in [1.165, 1.54) is 0 Å². The van der Waals surface area contributed by atoms with Crippen LogP contribution >= 0.6 is 22.7 Å². The van der Waals surface area contributed by atoms with Crippen LogP contribution in [0.1, 0.15) is 0 Å². The van der Waals surface area contributed by atoms with Crippen LogP contribution in [-0.4, -0.2) is 0 Å². The summed E-state index contributed by atoms with van der Waals surface area (Å²) in [7, 11) is 0. The molecular formula is C8H6PdS2. The van der Waals surface area contributed by atoms with Gasteiger partial charge in [-0.15, -0.1) is 10.8 Å². The molecule has 0 atom stereocenters. The largest absolute Gasteiger partial charge is 2.00 e. The minimum atomic E-state index is 0. The quantitative estimate of drug-likeness (QED) is 0.511. The van der Waals surface area contributed by atoms with Crippen molar-refractivity contribution in [3.8, 4) is 0 Å². The number of hydrogen-bond acceptors (Lipinski definition) is 2. The third-order valence-electron chi connectivity index (χ3n) is 0.758. The van der Waals surface area contributed by atoms with Gasteiger partial charge in [-0.3, -0.25) is 0 Å². The molecule has 0 unspecified atom stereocenters. The smallest absolute Gasteiger partial charge is 0.304 e. The zero-order valence-corrected chi connectivity index (χ0v) is 8.78. The first-order chi connectivity index (χ1) is 5.00. The van der Waals surface area contributed by atoms with Crippen molar-refractivity contribution in [3.05, 3.63) is 45.8 Å². The summed E-state index contributed by atoms with van der Waals surface area (Å²) in [6, 6.07) is 7.71. The van der Waals surface area contributed by atoms with Gasteiger partial charge in [-0.05, 0) is 0 Å². The molecule has 0 aliphatic heterocycles. The van der Waals surface area contributed by atoms with Gasteiger partial charge >= 0.3 is 20.4 Å². The summed E-state index contributed by atoms with van der Waals surface area (Å²) in [5.74, 6) is 0. The van der Waals surface area contributed by atoms with E-state index in [0.29, 0.717) is 0 Å². The molecule has 3 heteroatoms. The van der Waals surface area contributed by atoms with E-state index in [1.54, 1.807) is 22.7 Å². The summed E-state index contributed by atoms with van der Waals surface area (Å²) in [5, 5.41) is 9.78. The Balaban J connectivity index is 0.000000167. The Bertz CT molecular complexity index is 151. The van der Waals surface area contributed by atoms with Gasteiger partial charge in [0.15, 0.2) is 0 Å². The second-order valence-corrected chi connectivity index (χ2v) is 2.95. The molecule has 2 rings (SSSR count). The van der Waals surface area contributed by atoms with Crippen LogP contribution in [0.15, 0.2) is 35.0 Å². The molecule has 2 heterocycles. The molecule has 0 spiro atoms. The van der Waals surface area contributed by atoms with Gasteiger partial charge in [0.05, 0.1) is 0 Å². The first-order valence-electron chi connectivity index (χ1n) is 2.79. The Morgan fingerprint density at radius 3 is 1.36 bits per heavy atom. The summed E-state index contributed by atoms with van der Waals surface area (Å²) in [6.45, 7) is 0. The van der Waals surface area contributed by atoms with Crippen LogP contribution in [0.4, 0.5) is 0 Å². The van der Waals surface area contributed by atoms with E-state index in [-0.39, 0.29) is 20.4 Å². The van der Waals surface area contributed by atoms with Crippen molar-refractivity contribution >= 4 is 22.7 Å². The predicted molar refractivity (Wildman–Crippen MR) is 46.3 cm³/mol. The van der Waals surface area contributed by atoms with Crippen LogP contribution in [0, 0.1) is 10.8 Å². The minimum Gasteiger partial charge on any atom is -0.304 e. The van der Waals surface area contributed by atoms with Crippen LogP contribution in [0.5, 0.6) is 0 Å². The Morgan fingerprint density at radius 1 is 0.818 bits per heavy atom. The van der Waals surface area contributed by atoms with Gasteiger partial charge in [-0.1, -0.05) is 0 Å². The Labute approximate surface area is 88.6 Å². The zero-order chi connectivity index (χ0) is 7.07. The molecule has 0 nitrogen and oxygen atoms in total. The van der Waals surface area contributed by atoms with Crippen molar-refractivity contribution in [3.63, 3.8) is 0 Å². The Morgan fingerprint density at radius 2 is 1.27 bits per heavy atom. The van der Waals surface area contributed by atoms with Crippen LogP contribution in [0.3, 0.4) is 0 Å². The van der Waals surface area contributed by atoms with Gasteiger partial charge in [-0.25, -0.2) is 12.1 Å². The normalized spacial score (nSPS) is 7.27. The van der Waals surface area contributed by atoms with Crippen molar-refractivity contribution < 1.29 is 20.4 Å². The molecule has 0 aliphatic rings. The van der Waals surface area contributed by atoms with Crippen molar-refractivity contribution in [2.75, 3.05) is 0 Å². The summed E-state index contributed by atoms with van der Waals surface area (Å²) < 4.78 is 0. The molecule has 0 N–H and O–H groups in total. The van der Waals surface area contributed by atoms with E-state index in [2.05, 4.69) is 10.8 Å². The van der Waals surface area contributed by atoms with Gasteiger partial charge in [0, 0.05) is 0 Å². The first kappa shape index (κ1) is 11.1. The fourth-order valence-electron chi connectivity index (χ4n) is 0.393. The Hall–Kier alpha value is 0.0623. The zero-order valence-electron chi connectivity index (χ0n) is 5.60. The molecule has 0 saturated heterocycles. The third kappa shape index (κ3) is 6.46. The molecule has 11 heavy (non-hydrogen) atoms. The Kier molecular flexibility index (Phi) is 8.21. The number of hydrogen-bond donors (Lipinski definition) is 0. The van der Waals surface area contributed by atoms with Gasteiger partial charge in [0.2, 0.25) is 0 Å². The SMILES string of the molecule is [Pd+2].[c-]1cccs1.[c-]1cccs1. The number of thiophene rings is 2. The van der Waals surface area contributed by atoms with Crippen LogP contribution in [-0.2, 0) is 20.4 Å². The maximum Gasteiger partial charge on any atom is 2.00 e. The molecule has 0 saturated carbocycles. The average molecular weight is 273 g/mol. The van der Waals surface area contributed by atoms with Crippen molar-refractivity contribution in [2.45, 2.75) is 0 Å². The van der Waals surface area contributed by atoms with E-state index >= 15 is 0 Å². The predicted octanol–water partition coefficient (Wildman–Crippen LogP) is 3.09. The maximum absolute atomic E-state index is 2.90. The van der Waals surface area contributed by atoms with Crippen LogP contribution in [0.25, 0.3) is 0 Å². The molecule has 0 aromatic carbocycles. The molecule has 0 aliphatic carbocycles. The summed E-state index contributed by atoms with van der Waals surface area (Å²) in [4.78, 5) is 0. The van der Waals surface area contributed by atoms with Gasteiger partial charge < -0.3 is 22.7 Å². The molecule has 0 amide bonds.